The van der Waals surface area contributed by atoms with Crippen molar-refractivity contribution in [1.29, 1.82) is 0 Å². The SMILES string of the molecule is c1ccc(-c2ccc3c(-c4nc(-c5ccc6ccccc6c5)nc(-c5cccc6ccccc56)n4)cccc3c2)cc1. The smallest absolute Gasteiger partial charge is 0.164 e. The van der Waals surface area contributed by atoms with Gasteiger partial charge in [0.05, 0.1) is 0 Å². The number of benzene rings is 7. The standard InChI is InChI=1S/C39H25N3/c1-2-10-26(11-3-1)30-22-23-34-31(24-30)16-9-19-36(34)39-41-37(32-21-20-27-12-4-5-14-29(27)25-32)40-38(42-39)35-18-8-15-28-13-6-7-17-33(28)35/h1-25H. The summed E-state index contributed by atoms with van der Waals surface area (Å²) >= 11 is 0. The Labute approximate surface area is 243 Å². The number of hydrogen-bond acceptors (Lipinski definition) is 3. The van der Waals surface area contributed by atoms with Crippen LogP contribution in [0.1, 0.15) is 0 Å². The summed E-state index contributed by atoms with van der Waals surface area (Å²) < 4.78 is 0. The van der Waals surface area contributed by atoms with E-state index in [0.29, 0.717) is 17.5 Å². The van der Waals surface area contributed by atoms with Crippen LogP contribution >= 0.6 is 0 Å². The van der Waals surface area contributed by atoms with Crippen LogP contribution in [0.2, 0.25) is 0 Å². The highest BCUT2D eigenvalue weighted by atomic mass is 15.0. The van der Waals surface area contributed by atoms with Gasteiger partial charge in [0.25, 0.3) is 0 Å². The second-order valence-electron chi connectivity index (χ2n) is 10.5. The molecule has 196 valence electrons. The predicted molar refractivity (Wildman–Crippen MR) is 174 cm³/mol. The number of aromatic nitrogens is 3. The van der Waals surface area contributed by atoms with Gasteiger partial charge >= 0.3 is 0 Å². The van der Waals surface area contributed by atoms with Gasteiger partial charge in [-0.1, -0.05) is 140 Å². The zero-order chi connectivity index (χ0) is 27.9. The van der Waals surface area contributed by atoms with E-state index in [1.54, 1.807) is 0 Å². The quantitative estimate of drug-likeness (QED) is 0.225. The molecule has 0 N–H and O–H groups in total. The maximum absolute atomic E-state index is 5.12. The predicted octanol–water partition coefficient (Wildman–Crippen LogP) is 10.00. The van der Waals surface area contributed by atoms with E-state index in [2.05, 4.69) is 146 Å². The van der Waals surface area contributed by atoms with Crippen molar-refractivity contribution >= 4 is 32.3 Å². The zero-order valence-corrected chi connectivity index (χ0v) is 22.8. The van der Waals surface area contributed by atoms with Gasteiger partial charge in [-0.25, -0.2) is 15.0 Å². The van der Waals surface area contributed by atoms with Crippen LogP contribution in [0.3, 0.4) is 0 Å². The first-order valence-electron chi connectivity index (χ1n) is 14.1. The molecule has 0 amide bonds. The lowest BCUT2D eigenvalue weighted by Gasteiger charge is -2.12. The van der Waals surface area contributed by atoms with Gasteiger partial charge in [-0.2, -0.15) is 0 Å². The lowest BCUT2D eigenvalue weighted by molar-refractivity contribution is 1.08. The summed E-state index contributed by atoms with van der Waals surface area (Å²) in [4.78, 5) is 15.3. The molecule has 3 heteroatoms. The van der Waals surface area contributed by atoms with Crippen LogP contribution in [0.5, 0.6) is 0 Å². The van der Waals surface area contributed by atoms with Gasteiger partial charge in [-0.05, 0) is 55.6 Å². The van der Waals surface area contributed by atoms with E-state index in [9.17, 15) is 0 Å². The van der Waals surface area contributed by atoms with Crippen molar-refractivity contribution in [3.05, 3.63) is 152 Å². The summed E-state index contributed by atoms with van der Waals surface area (Å²) in [6.45, 7) is 0. The molecular weight excluding hydrogens is 510 g/mol. The Bertz CT molecular complexity index is 2250. The van der Waals surface area contributed by atoms with Gasteiger partial charge < -0.3 is 0 Å². The molecule has 0 spiro atoms. The molecule has 0 unspecified atom stereocenters. The third-order valence-electron chi connectivity index (χ3n) is 7.90. The highest BCUT2D eigenvalue weighted by Gasteiger charge is 2.16. The van der Waals surface area contributed by atoms with Crippen LogP contribution in [0, 0.1) is 0 Å². The fourth-order valence-electron chi connectivity index (χ4n) is 5.78. The molecule has 0 saturated carbocycles. The molecule has 3 nitrogen and oxygen atoms in total. The Morgan fingerprint density at radius 3 is 1.62 bits per heavy atom. The molecule has 1 aromatic heterocycles. The molecule has 0 radical (unpaired) electrons. The fourth-order valence-corrected chi connectivity index (χ4v) is 5.78. The Balaban J connectivity index is 1.36. The molecule has 0 aliphatic heterocycles. The monoisotopic (exact) mass is 535 g/mol. The summed E-state index contributed by atoms with van der Waals surface area (Å²) in [6, 6.07) is 52.9. The highest BCUT2D eigenvalue weighted by molar-refractivity contribution is 5.99. The Morgan fingerprint density at radius 1 is 0.286 bits per heavy atom. The lowest BCUT2D eigenvalue weighted by atomic mass is 9.98. The third kappa shape index (κ3) is 4.29. The van der Waals surface area contributed by atoms with Crippen molar-refractivity contribution in [2.24, 2.45) is 0 Å². The van der Waals surface area contributed by atoms with E-state index in [1.165, 1.54) is 16.5 Å². The molecular formula is C39H25N3. The fraction of sp³-hybridized carbons (Fsp3) is 0. The minimum Gasteiger partial charge on any atom is -0.208 e. The first kappa shape index (κ1) is 24.2. The van der Waals surface area contributed by atoms with Crippen molar-refractivity contribution in [2.45, 2.75) is 0 Å². The molecule has 0 saturated heterocycles. The molecule has 7 aromatic carbocycles. The minimum absolute atomic E-state index is 0.659. The van der Waals surface area contributed by atoms with Crippen molar-refractivity contribution < 1.29 is 0 Å². The molecule has 8 aromatic rings. The van der Waals surface area contributed by atoms with E-state index in [-0.39, 0.29) is 0 Å². The third-order valence-corrected chi connectivity index (χ3v) is 7.90. The number of hydrogen-bond donors (Lipinski definition) is 0. The van der Waals surface area contributed by atoms with E-state index in [4.69, 9.17) is 15.0 Å². The van der Waals surface area contributed by atoms with Crippen LogP contribution < -0.4 is 0 Å². The minimum atomic E-state index is 0.659. The van der Waals surface area contributed by atoms with Crippen LogP contribution in [0.25, 0.3) is 77.6 Å². The average Bonchev–Trinajstić information content (AvgIpc) is 3.07. The second-order valence-corrected chi connectivity index (χ2v) is 10.5. The van der Waals surface area contributed by atoms with Crippen LogP contribution in [0.4, 0.5) is 0 Å². The largest absolute Gasteiger partial charge is 0.208 e. The number of fused-ring (bicyclic) bond motifs is 3. The molecule has 42 heavy (non-hydrogen) atoms. The van der Waals surface area contributed by atoms with Gasteiger partial charge in [-0.15, -0.1) is 0 Å². The molecule has 1 heterocycles. The first-order valence-corrected chi connectivity index (χ1v) is 14.1. The Hall–Kier alpha value is -5.67. The summed E-state index contributed by atoms with van der Waals surface area (Å²) in [5, 5.41) is 6.87. The van der Waals surface area contributed by atoms with Gasteiger partial charge in [0, 0.05) is 16.7 Å². The molecule has 0 fully saturated rings. The van der Waals surface area contributed by atoms with Crippen molar-refractivity contribution in [2.75, 3.05) is 0 Å². The molecule has 0 bridgehead atoms. The summed E-state index contributed by atoms with van der Waals surface area (Å²) in [5.74, 6) is 1.98. The summed E-state index contributed by atoms with van der Waals surface area (Å²) in [6.07, 6.45) is 0. The van der Waals surface area contributed by atoms with E-state index in [0.717, 1.165) is 43.6 Å². The zero-order valence-electron chi connectivity index (χ0n) is 22.8. The van der Waals surface area contributed by atoms with Gasteiger partial charge in [-0.3, -0.25) is 0 Å². The molecule has 0 atom stereocenters. The van der Waals surface area contributed by atoms with Crippen LogP contribution in [-0.4, -0.2) is 15.0 Å². The molecule has 8 rings (SSSR count). The normalized spacial score (nSPS) is 11.3. The average molecular weight is 536 g/mol. The lowest BCUT2D eigenvalue weighted by Crippen LogP contribution is -2.01. The van der Waals surface area contributed by atoms with Crippen molar-refractivity contribution in [3.8, 4) is 45.3 Å². The Morgan fingerprint density at radius 2 is 0.833 bits per heavy atom. The highest BCUT2D eigenvalue weighted by Crippen LogP contribution is 2.34. The van der Waals surface area contributed by atoms with Crippen LogP contribution in [0.15, 0.2) is 152 Å². The summed E-state index contributed by atoms with van der Waals surface area (Å²) in [5.41, 5.74) is 5.32. The topological polar surface area (TPSA) is 38.7 Å². The summed E-state index contributed by atoms with van der Waals surface area (Å²) in [7, 11) is 0. The second kappa shape index (κ2) is 10.1. The Kier molecular flexibility index (Phi) is 5.79. The molecule has 0 aliphatic rings. The van der Waals surface area contributed by atoms with E-state index >= 15 is 0 Å². The van der Waals surface area contributed by atoms with E-state index < -0.39 is 0 Å². The maximum Gasteiger partial charge on any atom is 0.164 e. The van der Waals surface area contributed by atoms with Gasteiger partial charge in [0.2, 0.25) is 0 Å². The van der Waals surface area contributed by atoms with Gasteiger partial charge in [0.1, 0.15) is 0 Å². The van der Waals surface area contributed by atoms with Crippen molar-refractivity contribution in [3.63, 3.8) is 0 Å². The first-order chi connectivity index (χ1) is 20.8. The number of nitrogens with zero attached hydrogens (tertiary/aromatic N) is 3. The number of rotatable bonds is 4. The van der Waals surface area contributed by atoms with Crippen molar-refractivity contribution in [1.82, 2.24) is 15.0 Å². The van der Waals surface area contributed by atoms with Gasteiger partial charge in [0.15, 0.2) is 17.5 Å². The maximum atomic E-state index is 5.12. The van der Waals surface area contributed by atoms with Crippen LogP contribution in [-0.2, 0) is 0 Å². The molecule has 0 aliphatic carbocycles. The van der Waals surface area contributed by atoms with E-state index in [1.807, 2.05) is 6.07 Å².